The van der Waals surface area contributed by atoms with Crippen LogP contribution >= 0.6 is 11.6 Å². The molecular weight excluding hydrogens is 572 g/mol. The summed E-state index contributed by atoms with van der Waals surface area (Å²) in [4.78, 5) is 15.6. The zero-order valence-electron chi connectivity index (χ0n) is 24.6. The van der Waals surface area contributed by atoms with E-state index < -0.39 is 26.8 Å². The molecule has 1 amide bonds. The molecule has 6 rings (SSSR count). The molecule has 1 unspecified atom stereocenters. The summed E-state index contributed by atoms with van der Waals surface area (Å²) in [6.07, 6.45) is 8.08. The van der Waals surface area contributed by atoms with Gasteiger partial charge in [0.2, 0.25) is 10.0 Å². The Hall–Kier alpha value is -2.29. The first-order chi connectivity index (χ1) is 20.0. The number of nitrogens with zero attached hydrogens (tertiary/aromatic N) is 1. The summed E-state index contributed by atoms with van der Waals surface area (Å²) in [5, 5.41) is 12.0. The van der Waals surface area contributed by atoms with Crippen molar-refractivity contribution in [3.63, 3.8) is 0 Å². The van der Waals surface area contributed by atoms with Gasteiger partial charge in [-0.25, -0.2) is 13.1 Å². The van der Waals surface area contributed by atoms with Gasteiger partial charge in [0.25, 0.3) is 5.91 Å². The summed E-state index contributed by atoms with van der Waals surface area (Å²) >= 11 is 6.32. The molecule has 2 heterocycles. The lowest BCUT2D eigenvalue weighted by Crippen LogP contribution is -2.57. The molecule has 2 aliphatic heterocycles. The molecule has 4 aliphatic rings. The lowest BCUT2D eigenvalue weighted by molar-refractivity contribution is -0.149. The van der Waals surface area contributed by atoms with Gasteiger partial charge in [-0.1, -0.05) is 17.7 Å². The van der Waals surface area contributed by atoms with Crippen LogP contribution in [0.2, 0.25) is 5.02 Å². The predicted molar refractivity (Wildman–Crippen MR) is 166 cm³/mol. The minimum Gasteiger partial charge on any atom is -0.487 e. The Bertz CT molecular complexity index is 1440. The second kappa shape index (κ2) is 11.7. The number of hydrogen-bond donors (Lipinski definition) is 2. The summed E-state index contributed by atoms with van der Waals surface area (Å²) in [6.45, 7) is 5.59. The second-order valence-electron chi connectivity index (χ2n) is 13.3. The van der Waals surface area contributed by atoms with Gasteiger partial charge in [-0.15, -0.1) is 0 Å². The number of sulfonamides is 1. The van der Waals surface area contributed by atoms with Gasteiger partial charge in [-0.05, 0) is 137 Å². The molecule has 2 bridgehead atoms. The Balaban J connectivity index is 1.38. The molecule has 9 heteroatoms. The minimum atomic E-state index is -3.86. The average Bonchev–Trinajstić information content (AvgIpc) is 2.92. The van der Waals surface area contributed by atoms with Crippen LogP contribution in [0.3, 0.4) is 0 Å². The van der Waals surface area contributed by atoms with E-state index >= 15 is 0 Å². The fourth-order valence-corrected chi connectivity index (χ4v) is 8.99. The number of anilines is 1. The van der Waals surface area contributed by atoms with Gasteiger partial charge in [-0.3, -0.25) is 4.79 Å². The third-order valence-electron chi connectivity index (χ3n) is 10.7. The highest BCUT2D eigenvalue weighted by Gasteiger charge is 2.53. The van der Waals surface area contributed by atoms with Crippen molar-refractivity contribution in [1.29, 1.82) is 0 Å². The maximum Gasteiger partial charge on any atom is 0.264 e. The Labute approximate surface area is 255 Å². The van der Waals surface area contributed by atoms with E-state index in [4.69, 9.17) is 16.3 Å². The number of nitrogens with one attached hydrogen (secondary N) is 1. The standard InChI is InChI=1S/C33H43ClN2O5S/c1-21-6-7-22-9-13-28(22)33(2,38)29-14-10-25(29)19-36-16-4-3-5-23-17-27(34)12-8-26(23)20-41-31-15-11-24(18-30(31)36)32(37)35-42(21,39)40/h8,11-12,15,17-18,21-22,25,28-29,38H,3-7,9-10,13-14,16,19-20H2,1-2H3,(H,35,37)/t21-,22+,25+,28?,29-,33+/m1/s1. The quantitative estimate of drug-likeness (QED) is 0.372. The number of aryl methyl sites for hydroxylation is 1. The molecule has 228 valence electrons. The van der Waals surface area contributed by atoms with Gasteiger partial charge in [0.05, 0.1) is 16.5 Å². The zero-order chi connectivity index (χ0) is 29.6. The van der Waals surface area contributed by atoms with Crippen molar-refractivity contribution in [2.24, 2.45) is 23.7 Å². The fourth-order valence-electron chi connectivity index (χ4n) is 7.77. The molecule has 6 atom stereocenters. The Morgan fingerprint density at radius 3 is 2.45 bits per heavy atom. The van der Waals surface area contributed by atoms with Gasteiger partial charge < -0.3 is 14.7 Å². The number of benzene rings is 2. The Kier molecular flexibility index (Phi) is 8.26. The summed E-state index contributed by atoms with van der Waals surface area (Å²) in [7, 11) is -3.86. The number of fused-ring (bicyclic) bond motifs is 4. The zero-order valence-corrected chi connectivity index (χ0v) is 26.2. The summed E-state index contributed by atoms with van der Waals surface area (Å²) in [6, 6.07) is 11.1. The van der Waals surface area contributed by atoms with Crippen LogP contribution in [0.15, 0.2) is 36.4 Å². The molecule has 2 fully saturated rings. The van der Waals surface area contributed by atoms with Crippen molar-refractivity contribution < 1.29 is 23.1 Å². The van der Waals surface area contributed by atoms with Gasteiger partial charge in [-0.2, -0.15) is 0 Å². The van der Waals surface area contributed by atoms with Crippen LogP contribution in [0.5, 0.6) is 5.75 Å². The average molecular weight is 615 g/mol. The highest BCUT2D eigenvalue weighted by molar-refractivity contribution is 7.90. The number of carbonyl (C=O) groups is 1. The molecule has 2 aliphatic carbocycles. The molecule has 0 spiro atoms. The predicted octanol–water partition coefficient (Wildman–Crippen LogP) is 6.11. The Morgan fingerprint density at radius 1 is 0.976 bits per heavy atom. The molecule has 0 saturated heterocycles. The molecule has 2 saturated carbocycles. The number of amides is 1. The lowest BCUT2D eigenvalue weighted by Gasteiger charge is -2.55. The number of halogens is 1. The van der Waals surface area contributed by atoms with Crippen LogP contribution in [-0.2, 0) is 23.1 Å². The number of ether oxygens (including phenoxy) is 1. The SMILES string of the molecule is C[C@@H]1CC[C@H]2CCC2[C@](C)(O)[C@@H]2CC[C@H]2CN2CCCCc3cc(Cl)ccc3COc3ccc(cc32)C(=O)NS1(=O)=O. The van der Waals surface area contributed by atoms with E-state index in [1.807, 2.05) is 25.1 Å². The smallest absolute Gasteiger partial charge is 0.264 e. The van der Waals surface area contributed by atoms with Crippen LogP contribution in [0, 0.1) is 23.7 Å². The first kappa shape index (κ1) is 29.8. The summed E-state index contributed by atoms with van der Waals surface area (Å²) < 4.78 is 35.1. The summed E-state index contributed by atoms with van der Waals surface area (Å²) in [5.74, 6) is 1.06. The van der Waals surface area contributed by atoms with Crippen LogP contribution in [-0.4, -0.2) is 43.4 Å². The molecule has 7 nitrogen and oxygen atoms in total. The van der Waals surface area contributed by atoms with E-state index in [-0.39, 0.29) is 11.8 Å². The van der Waals surface area contributed by atoms with Gasteiger partial charge in [0, 0.05) is 23.7 Å². The molecule has 2 aromatic carbocycles. The van der Waals surface area contributed by atoms with Crippen molar-refractivity contribution >= 4 is 33.2 Å². The first-order valence-electron chi connectivity index (χ1n) is 15.6. The highest BCUT2D eigenvalue weighted by atomic mass is 35.5. The summed E-state index contributed by atoms with van der Waals surface area (Å²) in [5.41, 5.74) is 2.58. The molecule has 2 N–H and O–H groups in total. The van der Waals surface area contributed by atoms with Crippen LogP contribution in [0.25, 0.3) is 0 Å². The maximum atomic E-state index is 13.3. The Morgan fingerprint density at radius 2 is 1.71 bits per heavy atom. The third-order valence-corrected chi connectivity index (χ3v) is 12.7. The van der Waals surface area contributed by atoms with E-state index in [1.165, 1.54) is 5.56 Å². The highest BCUT2D eigenvalue weighted by Crippen LogP contribution is 2.54. The lowest BCUT2D eigenvalue weighted by atomic mass is 9.54. The van der Waals surface area contributed by atoms with Crippen LogP contribution in [0.4, 0.5) is 5.69 Å². The largest absolute Gasteiger partial charge is 0.487 e. The maximum absolute atomic E-state index is 13.3. The van der Waals surface area contributed by atoms with Crippen molar-refractivity contribution in [3.8, 4) is 5.75 Å². The monoisotopic (exact) mass is 614 g/mol. The third kappa shape index (κ3) is 5.79. The normalized spacial score (nSPS) is 33.2. The number of hydrogen-bond acceptors (Lipinski definition) is 6. The number of aliphatic hydroxyl groups is 1. The van der Waals surface area contributed by atoms with Crippen molar-refractivity contribution in [3.05, 3.63) is 58.1 Å². The van der Waals surface area contributed by atoms with E-state index in [0.29, 0.717) is 41.2 Å². The van der Waals surface area contributed by atoms with Gasteiger partial charge >= 0.3 is 0 Å². The number of rotatable bonds is 0. The number of carbonyl (C=O) groups excluding carboxylic acids is 1. The van der Waals surface area contributed by atoms with Crippen LogP contribution in [0.1, 0.15) is 86.7 Å². The molecule has 0 aromatic heterocycles. The topological polar surface area (TPSA) is 95.9 Å². The van der Waals surface area contributed by atoms with E-state index in [1.54, 1.807) is 25.1 Å². The van der Waals surface area contributed by atoms with Crippen molar-refractivity contribution in [2.75, 3.05) is 18.0 Å². The minimum absolute atomic E-state index is 0.179. The van der Waals surface area contributed by atoms with Gasteiger partial charge in [0.15, 0.2) is 0 Å². The second-order valence-corrected chi connectivity index (χ2v) is 15.8. The van der Waals surface area contributed by atoms with Crippen molar-refractivity contribution in [1.82, 2.24) is 4.72 Å². The van der Waals surface area contributed by atoms with E-state index in [0.717, 1.165) is 75.7 Å². The molecule has 0 radical (unpaired) electrons. The van der Waals surface area contributed by atoms with E-state index in [9.17, 15) is 18.3 Å². The molecule has 42 heavy (non-hydrogen) atoms. The van der Waals surface area contributed by atoms with Gasteiger partial charge in [0.1, 0.15) is 12.4 Å². The first-order valence-corrected chi connectivity index (χ1v) is 17.5. The fraction of sp³-hybridized carbons (Fsp3) is 0.606. The molecular formula is C33H43ClN2O5S. The van der Waals surface area contributed by atoms with Crippen LogP contribution < -0.4 is 14.4 Å². The molecule has 2 aromatic rings. The van der Waals surface area contributed by atoms with Crippen molar-refractivity contribution in [2.45, 2.75) is 89.1 Å². The van der Waals surface area contributed by atoms with E-state index in [2.05, 4.69) is 9.62 Å².